The van der Waals surface area contributed by atoms with Crippen molar-refractivity contribution < 1.29 is 27.4 Å². The Hall–Kier alpha value is -2.11. The number of hydrogen-bond donors (Lipinski definition) is 0. The van der Waals surface area contributed by atoms with Crippen LogP contribution in [0.4, 0.5) is 18.3 Å². The molecule has 1 saturated heterocycles. The number of benzene rings is 2. The Morgan fingerprint density at radius 2 is 1.89 bits per heavy atom. The molecule has 6 nitrogen and oxygen atoms in total. The summed E-state index contributed by atoms with van der Waals surface area (Å²) in [6.07, 6.45) is -3.81. The van der Waals surface area contributed by atoms with Crippen molar-refractivity contribution in [3.05, 3.63) is 52.5 Å². The molecule has 0 saturated carbocycles. The van der Waals surface area contributed by atoms with E-state index in [4.69, 9.17) is 21.1 Å². The summed E-state index contributed by atoms with van der Waals surface area (Å²) in [6, 6.07) is 7.62. The van der Waals surface area contributed by atoms with Crippen molar-refractivity contribution in [1.82, 2.24) is 9.88 Å². The first-order valence-electron chi connectivity index (χ1n) is 10.7. The summed E-state index contributed by atoms with van der Waals surface area (Å²) in [6.45, 7) is 4.09. The minimum absolute atomic E-state index is 0. The molecule has 2 aromatic carbocycles. The van der Waals surface area contributed by atoms with Crippen molar-refractivity contribution >= 4 is 56.6 Å². The summed E-state index contributed by atoms with van der Waals surface area (Å²) in [4.78, 5) is 21.8. The predicted molar refractivity (Wildman–Crippen MR) is 133 cm³/mol. The number of carbonyl (C=O) groups is 1. The highest BCUT2D eigenvalue weighted by atomic mass is 35.5. The Kier molecular flexibility index (Phi) is 9.22. The minimum atomic E-state index is -4.47. The largest absolute Gasteiger partial charge is 0.494 e. The van der Waals surface area contributed by atoms with Crippen LogP contribution in [-0.2, 0) is 10.9 Å². The summed E-state index contributed by atoms with van der Waals surface area (Å²) in [7, 11) is 1.52. The van der Waals surface area contributed by atoms with Crippen molar-refractivity contribution in [2.75, 3.05) is 51.4 Å². The highest BCUT2D eigenvalue weighted by Gasteiger charge is 2.31. The van der Waals surface area contributed by atoms with Crippen LogP contribution in [0.25, 0.3) is 10.2 Å². The lowest BCUT2D eigenvalue weighted by atomic mass is 10.1. The first-order valence-corrected chi connectivity index (χ1v) is 11.9. The summed E-state index contributed by atoms with van der Waals surface area (Å²) < 4.78 is 50.4. The van der Waals surface area contributed by atoms with Gasteiger partial charge in [-0.1, -0.05) is 22.9 Å². The van der Waals surface area contributed by atoms with Crippen molar-refractivity contribution in [2.24, 2.45) is 0 Å². The second-order valence-corrected chi connectivity index (χ2v) is 9.15. The van der Waals surface area contributed by atoms with Crippen molar-refractivity contribution in [2.45, 2.75) is 12.6 Å². The van der Waals surface area contributed by atoms with E-state index in [2.05, 4.69) is 9.88 Å². The lowest BCUT2D eigenvalue weighted by molar-refractivity contribution is -0.137. The van der Waals surface area contributed by atoms with Crippen molar-refractivity contribution in [3.8, 4) is 5.75 Å². The van der Waals surface area contributed by atoms with E-state index < -0.39 is 17.6 Å². The average molecular weight is 550 g/mol. The number of rotatable bonds is 7. The smallest absolute Gasteiger partial charge is 0.416 e. The van der Waals surface area contributed by atoms with Gasteiger partial charge in [-0.25, -0.2) is 4.98 Å². The van der Waals surface area contributed by atoms with E-state index in [0.717, 1.165) is 31.8 Å². The molecule has 0 N–H and O–H groups in total. The zero-order valence-corrected chi connectivity index (χ0v) is 21.2. The van der Waals surface area contributed by atoms with Gasteiger partial charge >= 0.3 is 6.18 Å². The molecular formula is C23H24Cl2F3N3O3S. The van der Waals surface area contributed by atoms with Gasteiger partial charge in [-0.05, 0) is 42.8 Å². The Morgan fingerprint density at radius 3 is 2.51 bits per heavy atom. The third-order valence-electron chi connectivity index (χ3n) is 5.56. The number of aromatic nitrogens is 1. The number of anilines is 1. The number of hydrogen-bond acceptors (Lipinski definition) is 6. The molecule has 0 bridgehead atoms. The molecular weight excluding hydrogens is 526 g/mol. The van der Waals surface area contributed by atoms with E-state index in [1.807, 2.05) is 0 Å². The van der Waals surface area contributed by atoms with Crippen LogP contribution in [0.1, 0.15) is 22.3 Å². The molecule has 4 rings (SSSR count). The van der Waals surface area contributed by atoms with Gasteiger partial charge in [0.15, 0.2) is 5.13 Å². The second kappa shape index (κ2) is 11.7. The van der Waals surface area contributed by atoms with Gasteiger partial charge in [0.1, 0.15) is 11.3 Å². The molecule has 3 aromatic rings. The molecule has 0 aliphatic carbocycles. The molecule has 0 radical (unpaired) electrons. The maximum atomic E-state index is 13.4. The highest BCUT2D eigenvalue weighted by Crippen LogP contribution is 2.39. The van der Waals surface area contributed by atoms with Gasteiger partial charge in [-0.15, -0.1) is 12.4 Å². The predicted octanol–water partition coefficient (Wildman–Crippen LogP) is 5.77. The molecule has 0 atom stereocenters. The average Bonchev–Trinajstić information content (AvgIpc) is 3.28. The maximum Gasteiger partial charge on any atom is 0.416 e. The number of carbonyl (C=O) groups excluding carboxylic acids is 1. The fraction of sp³-hybridized carbons (Fsp3) is 0.391. The summed E-state index contributed by atoms with van der Waals surface area (Å²) >= 11 is 7.60. The number of alkyl halides is 3. The first kappa shape index (κ1) is 27.5. The first-order chi connectivity index (χ1) is 16.3. The monoisotopic (exact) mass is 549 g/mol. The molecule has 1 fully saturated rings. The fourth-order valence-corrected chi connectivity index (χ4v) is 5.02. The van der Waals surface area contributed by atoms with E-state index in [1.54, 1.807) is 12.1 Å². The van der Waals surface area contributed by atoms with Gasteiger partial charge in [-0.2, -0.15) is 13.2 Å². The van der Waals surface area contributed by atoms with Gasteiger partial charge in [-0.3, -0.25) is 14.6 Å². The van der Waals surface area contributed by atoms with E-state index in [1.165, 1.54) is 35.5 Å². The molecule has 1 aliphatic heterocycles. The van der Waals surface area contributed by atoms with Crippen LogP contribution in [0, 0.1) is 0 Å². The van der Waals surface area contributed by atoms with Gasteiger partial charge < -0.3 is 9.47 Å². The number of fused-ring (bicyclic) bond motifs is 1. The Bertz CT molecular complexity index is 1150. The summed E-state index contributed by atoms with van der Waals surface area (Å²) in [5.74, 6) is 0.0991. The van der Waals surface area contributed by atoms with Gasteiger partial charge in [0.05, 0.1) is 35.6 Å². The van der Waals surface area contributed by atoms with Crippen LogP contribution in [0.15, 0.2) is 36.4 Å². The van der Waals surface area contributed by atoms with Gasteiger partial charge in [0.25, 0.3) is 5.91 Å². The maximum absolute atomic E-state index is 13.4. The number of methoxy groups -OCH3 is 1. The summed E-state index contributed by atoms with van der Waals surface area (Å²) in [5.41, 5.74) is -0.121. The van der Waals surface area contributed by atoms with Crippen LogP contribution in [0.2, 0.25) is 5.02 Å². The topological polar surface area (TPSA) is 54.9 Å². The summed E-state index contributed by atoms with van der Waals surface area (Å²) in [5, 5.41) is 0.892. The van der Waals surface area contributed by atoms with Crippen molar-refractivity contribution in [3.63, 3.8) is 0 Å². The lowest BCUT2D eigenvalue weighted by Crippen LogP contribution is -2.39. The van der Waals surface area contributed by atoms with Crippen LogP contribution in [0.5, 0.6) is 5.75 Å². The Balaban J connectivity index is 0.00000342. The molecule has 2 heterocycles. The molecule has 1 aliphatic rings. The quantitative estimate of drug-likeness (QED) is 0.374. The number of morpholine rings is 1. The Labute approximate surface area is 216 Å². The van der Waals surface area contributed by atoms with Crippen LogP contribution in [-0.4, -0.2) is 62.3 Å². The number of thiazole rings is 1. The van der Waals surface area contributed by atoms with Crippen LogP contribution < -0.4 is 9.64 Å². The highest BCUT2D eigenvalue weighted by molar-refractivity contribution is 7.23. The van der Waals surface area contributed by atoms with Crippen molar-refractivity contribution in [1.29, 1.82) is 0 Å². The minimum Gasteiger partial charge on any atom is -0.494 e. The second-order valence-electron chi connectivity index (χ2n) is 7.76. The molecule has 1 amide bonds. The fourth-order valence-electron chi connectivity index (χ4n) is 3.74. The van der Waals surface area contributed by atoms with Gasteiger partial charge in [0.2, 0.25) is 0 Å². The van der Waals surface area contributed by atoms with Crippen LogP contribution >= 0.6 is 35.3 Å². The Morgan fingerprint density at radius 1 is 1.20 bits per heavy atom. The normalized spacial score (nSPS) is 14.5. The molecule has 190 valence electrons. The lowest BCUT2D eigenvalue weighted by Gasteiger charge is -2.27. The van der Waals surface area contributed by atoms with Crippen LogP contribution in [0.3, 0.4) is 0 Å². The zero-order valence-electron chi connectivity index (χ0n) is 18.8. The number of halogens is 5. The zero-order chi connectivity index (χ0) is 24.3. The van der Waals surface area contributed by atoms with E-state index in [9.17, 15) is 18.0 Å². The number of amides is 1. The van der Waals surface area contributed by atoms with E-state index in [-0.39, 0.29) is 18.0 Å². The third kappa shape index (κ3) is 6.37. The van der Waals surface area contributed by atoms with E-state index >= 15 is 0 Å². The SMILES string of the molecule is COc1ccc(Cl)c2sc(N(CCCN3CCOCC3)C(=O)c3ccc(C(F)(F)F)cc3)nc12.Cl. The third-order valence-corrected chi connectivity index (χ3v) is 7.10. The molecule has 12 heteroatoms. The van der Waals surface area contributed by atoms with E-state index in [0.29, 0.717) is 52.3 Å². The van der Waals surface area contributed by atoms with Gasteiger partial charge in [0, 0.05) is 31.7 Å². The molecule has 1 aromatic heterocycles. The molecule has 0 spiro atoms. The number of ether oxygens (including phenoxy) is 2. The standard InChI is InChI=1S/C23H23ClF3N3O3S.ClH/c1-32-18-8-7-17(24)20-19(18)28-22(34-20)30(10-2-9-29-11-13-33-14-12-29)21(31)15-3-5-16(6-4-15)23(25,26)27;/h3-8H,2,9-14H2,1H3;1H. The molecule has 35 heavy (non-hydrogen) atoms. The number of nitrogens with zero attached hydrogens (tertiary/aromatic N) is 3. The molecule has 0 unspecified atom stereocenters.